The van der Waals surface area contributed by atoms with E-state index in [2.05, 4.69) is 5.10 Å². The van der Waals surface area contributed by atoms with Crippen molar-refractivity contribution in [1.82, 2.24) is 14.7 Å². The summed E-state index contributed by atoms with van der Waals surface area (Å²) in [5.74, 6) is -0.237. The van der Waals surface area contributed by atoms with E-state index >= 15 is 0 Å². The maximum absolute atomic E-state index is 13.2. The van der Waals surface area contributed by atoms with Crippen LogP contribution >= 0.6 is 0 Å². The molecule has 0 radical (unpaired) electrons. The zero-order chi connectivity index (χ0) is 20.6. The van der Waals surface area contributed by atoms with Crippen molar-refractivity contribution in [2.45, 2.75) is 62.7 Å². The fraction of sp³-hybridized carbons (Fsp3) is 0.765. The number of sulfone groups is 1. The van der Waals surface area contributed by atoms with Gasteiger partial charge in [-0.15, -0.1) is 0 Å². The molecule has 11 heteroatoms. The van der Waals surface area contributed by atoms with Crippen LogP contribution < -0.4 is 0 Å². The van der Waals surface area contributed by atoms with Crippen molar-refractivity contribution in [3.63, 3.8) is 0 Å². The fourth-order valence-electron chi connectivity index (χ4n) is 3.19. The van der Waals surface area contributed by atoms with Crippen molar-refractivity contribution >= 4 is 15.9 Å². The van der Waals surface area contributed by atoms with Crippen LogP contribution in [-0.4, -0.2) is 53.1 Å². The SMILES string of the molecule is C[C@@H](C1CCN(C(=O)OC(C)(C)C)CC1)S(=O)(=O)c1cn(C)nc1C(F)F.F. The number of carbonyl (C=O) groups is 1. The molecule has 1 atom stereocenters. The summed E-state index contributed by atoms with van der Waals surface area (Å²) in [7, 11) is -2.55. The number of amides is 1. The molecule has 0 bridgehead atoms. The van der Waals surface area contributed by atoms with E-state index in [1.54, 1.807) is 25.7 Å². The van der Waals surface area contributed by atoms with Crippen molar-refractivity contribution in [3.05, 3.63) is 11.9 Å². The Labute approximate surface area is 163 Å². The minimum atomic E-state index is -3.96. The largest absolute Gasteiger partial charge is 0.444 e. The van der Waals surface area contributed by atoms with Gasteiger partial charge in [-0.1, -0.05) is 0 Å². The third-order valence-electron chi connectivity index (χ3n) is 4.68. The van der Waals surface area contributed by atoms with Crippen LogP contribution in [-0.2, 0) is 21.6 Å². The van der Waals surface area contributed by atoms with Gasteiger partial charge in [0, 0.05) is 26.3 Å². The number of halogens is 3. The Morgan fingerprint density at radius 1 is 1.29 bits per heavy atom. The summed E-state index contributed by atoms with van der Waals surface area (Å²) in [6.45, 7) is 7.61. The van der Waals surface area contributed by atoms with Crippen molar-refractivity contribution < 1.29 is 31.4 Å². The Balaban J connectivity index is 0.00000392. The molecule has 0 saturated carbocycles. The number of hydrogen-bond donors (Lipinski definition) is 0. The molecule has 0 spiro atoms. The number of piperidine rings is 1. The van der Waals surface area contributed by atoms with Crippen molar-refractivity contribution in [3.8, 4) is 0 Å². The molecular formula is C17H28F3N3O4S. The summed E-state index contributed by atoms with van der Waals surface area (Å²) in [5.41, 5.74) is -1.31. The van der Waals surface area contributed by atoms with Crippen molar-refractivity contribution in [2.24, 2.45) is 13.0 Å². The Morgan fingerprint density at radius 2 is 1.82 bits per heavy atom. The summed E-state index contributed by atoms with van der Waals surface area (Å²) >= 11 is 0. The highest BCUT2D eigenvalue weighted by atomic mass is 32.2. The Kier molecular flexibility index (Phi) is 7.54. The number of hydrogen-bond acceptors (Lipinski definition) is 5. The first-order valence-corrected chi connectivity index (χ1v) is 10.4. The maximum atomic E-state index is 13.2. The fourth-order valence-corrected chi connectivity index (χ4v) is 5.09. The molecule has 162 valence electrons. The van der Waals surface area contributed by atoms with E-state index in [1.165, 1.54) is 14.0 Å². The average Bonchev–Trinajstić information content (AvgIpc) is 2.96. The van der Waals surface area contributed by atoms with Gasteiger partial charge in [0.1, 0.15) is 16.2 Å². The van der Waals surface area contributed by atoms with Gasteiger partial charge >= 0.3 is 6.09 Å². The van der Waals surface area contributed by atoms with E-state index in [-0.39, 0.29) is 10.6 Å². The lowest BCUT2D eigenvalue weighted by Gasteiger charge is -2.35. The second-order valence-electron chi connectivity index (χ2n) is 7.91. The average molecular weight is 427 g/mol. The molecule has 0 N–H and O–H groups in total. The summed E-state index contributed by atoms with van der Waals surface area (Å²) in [4.78, 5) is 13.3. The number of rotatable bonds is 4. The van der Waals surface area contributed by atoms with Crippen LogP contribution in [0.1, 0.15) is 52.7 Å². The molecular weight excluding hydrogens is 399 g/mol. The lowest BCUT2D eigenvalue weighted by Crippen LogP contribution is -2.44. The number of aryl methyl sites for hydroxylation is 1. The molecule has 28 heavy (non-hydrogen) atoms. The Morgan fingerprint density at radius 3 is 2.29 bits per heavy atom. The van der Waals surface area contributed by atoms with Crippen LogP contribution in [0.2, 0.25) is 0 Å². The molecule has 2 heterocycles. The molecule has 0 unspecified atom stereocenters. The molecule has 1 aliphatic heterocycles. The van der Waals surface area contributed by atoms with Crippen LogP contribution in [0, 0.1) is 5.92 Å². The topological polar surface area (TPSA) is 81.5 Å². The first kappa shape index (κ1) is 24.3. The van der Waals surface area contributed by atoms with Gasteiger partial charge in [0.15, 0.2) is 9.84 Å². The van der Waals surface area contributed by atoms with Gasteiger partial charge in [0.25, 0.3) is 6.43 Å². The number of aromatic nitrogens is 2. The predicted molar refractivity (Wildman–Crippen MR) is 97.8 cm³/mol. The minimum Gasteiger partial charge on any atom is -0.444 e. The summed E-state index contributed by atoms with van der Waals surface area (Å²) in [5, 5.41) is 2.74. The number of likely N-dealkylation sites (tertiary alicyclic amines) is 1. The Hall–Kier alpha value is -1.78. The van der Waals surface area contributed by atoms with Crippen molar-refractivity contribution in [2.75, 3.05) is 13.1 Å². The van der Waals surface area contributed by atoms with Gasteiger partial charge in [-0.2, -0.15) is 5.10 Å². The molecule has 1 saturated heterocycles. The van der Waals surface area contributed by atoms with Crippen LogP contribution in [0.3, 0.4) is 0 Å². The second-order valence-corrected chi connectivity index (χ2v) is 10.2. The van der Waals surface area contributed by atoms with Gasteiger partial charge in [0.05, 0.1) is 5.25 Å². The quantitative estimate of drug-likeness (QED) is 0.736. The summed E-state index contributed by atoms with van der Waals surface area (Å²) < 4.78 is 58.5. The highest BCUT2D eigenvalue weighted by Crippen LogP contribution is 2.33. The zero-order valence-corrected chi connectivity index (χ0v) is 17.5. The van der Waals surface area contributed by atoms with Gasteiger partial charge in [-0.05, 0) is 46.5 Å². The standard InChI is InChI=1S/C17H27F2N3O4S.FH/c1-11(27(24,25)13-10-21(5)20-14(13)15(18)19)12-6-8-22(9-7-12)16(23)26-17(2,3)4;/h10-12,15H,6-9H2,1-5H3;1H/t11-;/m0./s1. The highest BCUT2D eigenvalue weighted by Gasteiger charge is 2.38. The van der Waals surface area contributed by atoms with Gasteiger partial charge in [-0.25, -0.2) is 22.0 Å². The van der Waals surface area contributed by atoms with Crippen molar-refractivity contribution in [1.29, 1.82) is 0 Å². The van der Waals surface area contributed by atoms with Crippen LogP contribution in [0.25, 0.3) is 0 Å². The van der Waals surface area contributed by atoms with Crippen LogP contribution in [0.5, 0.6) is 0 Å². The molecule has 1 aromatic heterocycles. The van der Waals surface area contributed by atoms with E-state index in [1.807, 2.05) is 0 Å². The van der Waals surface area contributed by atoms with E-state index in [4.69, 9.17) is 4.74 Å². The first-order valence-electron chi connectivity index (χ1n) is 8.86. The molecule has 1 aromatic rings. The third kappa shape index (κ3) is 5.39. The maximum Gasteiger partial charge on any atom is 0.410 e. The number of ether oxygens (including phenoxy) is 1. The van der Waals surface area contributed by atoms with E-state index in [0.717, 1.165) is 10.9 Å². The second kappa shape index (κ2) is 8.71. The lowest BCUT2D eigenvalue weighted by molar-refractivity contribution is 0.0184. The summed E-state index contributed by atoms with van der Waals surface area (Å²) in [6.07, 6.45) is -1.34. The zero-order valence-electron chi connectivity index (χ0n) is 16.7. The van der Waals surface area contributed by atoms with Gasteiger partial charge in [-0.3, -0.25) is 9.39 Å². The molecule has 0 aliphatic carbocycles. The van der Waals surface area contributed by atoms with E-state index in [9.17, 15) is 22.0 Å². The van der Waals surface area contributed by atoms with Gasteiger partial charge < -0.3 is 9.64 Å². The van der Waals surface area contributed by atoms with Gasteiger partial charge in [0.2, 0.25) is 0 Å². The molecule has 7 nitrogen and oxygen atoms in total. The summed E-state index contributed by atoms with van der Waals surface area (Å²) in [6, 6.07) is 0. The predicted octanol–water partition coefficient (Wildman–Crippen LogP) is 3.32. The molecule has 1 fully saturated rings. The number of carbonyl (C=O) groups excluding carboxylic acids is 1. The highest BCUT2D eigenvalue weighted by molar-refractivity contribution is 7.92. The smallest absolute Gasteiger partial charge is 0.410 e. The van der Waals surface area contributed by atoms with E-state index < -0.39 is 43.8 Å². The molecule has 1 amide bonds. The minimum absolute atomic E-state index is 0. The molecule has 2 rings (SSSR count). The third-order valence-corrected chi connectivity index (χ3v) is 6.97. The Bertz CT molecular complexity index is 782. The van der Waals surface area contributed by atoms with E-state index in [0.29, 0.717) is 25.9 Å². The lowest BCUT2D eigenvalue weighted by atomic mass is 9.94. The number of nitrogens with zero attached hydrogens (tertiary/aromatic N) is 3. The first-order chi connectivity index (χ1) is 12.3. The molecule has 0 aromatic carbocycles. The molecule has 1 aliphatic rings. The number of alkyl halides is 2. The van der Waals surface area contributed by atoms with Crippen LogP contribution in [0.15, 0.2) is 11.1 Å². The normalized spacial score (nSPS) is 17.4. The van der Waals surface area contributed by atoms with Crippen LogP contribution in [0.4, 0.5) is 18.3 Å². The monoisotopic (exact) mass is 427 g/mol.